The highest BCUT2D eigenvalue weighted by Gasteiger charge is 2.01. The van der Waals surface area contributed by atoms with Crippen molar-refractivity contribution in [3.05, 3.63) is 88.6 Å². The summed E-state index contributed by atoms with van der Waals surface area (Å²) in [5.74, 6) is 0.778. The molecule has 0 radical (unpaired) electrons. The lowest BCUT2D eigenvalue weighted by molar-refractivity contribution is 0.570. The molecule has 146 valence electrons. The fraction of sp³-hybridized carbons (Fsp3) is 0.286. The highest BCUT2D eigenvalue weighted by molar-refractivity contribution is 5.79. The third kappa shape index (κ3) is 5.84. The minimum atomic E-state index is 0.00988. The molecule has 0 aliphatic carbocycles. The van der Waals surface area contributed by atoms with E-state index in [1.54, 1.807) is 36.1 Å². The number of nitrogens with zero attached hydrogens (tertiary/aromatic N) is 4. The van der Waals surface area contributed by atoms with E-state index in [4.69, 9.17) is 0 Å². The van der Waals surface area contributed by atoms with Crippen LogP contribution >= 0.6 is 0 Å². The number of aryl methyl sites for hydroxylation is 1. The van der Waals surface area contributed by atoms with Gasteiger partial charge in [-0.05, 0) is 29.7 Å². The van der Waals surface area contributed by atoms with E-state index in [0.717, 1.165) is 36.6 Å². The lowest BCUT2D eigenvalue weighted by Crippen LogP contribution is -2.37. The quantitative estimate of drug-likeness (QED) is 0.356. The van der Waals surface area contributed by atoms with Crippen LogP contribution in [0.3, 0.4) is 0 Å². The first-order valence-corrected chi connectivity index (χ1v) is 9.40. The van der Waals surface area contributed by atoms with Gasteiger partial charge in [-0.15, -0.1) is 0 Å². The Kier molecular flexibility index (Phi) is 7.01. The largest absolute Gasteiger partial charge is 0.356 e. The average molecular weight is 378 g/mol. The van der Waals surface area contributed by atoms with E-state index < -0.39 is 0 Å². The van der Waals surface area contributed by atoms with Gasteiger partial charge in [-0.3, -0.25) is 14.5 Å². The van der Waals surface area contributed by atoms with Crippen LogP contribution in [-0.4, -0.2) is 33.9 Å². The van der Waals surface area contributed by atoms with Gasteiger partial charge in [0, 0.05) is 51.3 Å². The Hall–Kier alpha value is -3.35. The molecule has 0 bridgehead atoms. The topological polar surface area (TPSA) is 76.2 Å². The summed E-state index contributed by atoms with van der Waals surface area (Å²) in [5, 5.41) is 10.8. The molecule has 0 saturated carbocycles. The van der Waals surface area contributed by atoms with Gasteiger partial charge in [0.25, 0.3) is 5.56 Å². The maximum absolute atomic E-state index is 11.8. The highest BCUT2D eigenvalue weighted by Crippen LogP contribution is 2.05. The van der Waals surface area contributed by atoms with Crippen molar-refractivity contribution in [2.45, 2.75) is 26.1 Å². The zero-order valence-electron chi connectivity index (χ0n) is 16.1. The van der Waals surface area contributed by atoms with Crippen molar-refractivity contribution in [1.82, 2.24) is 25.0 Å². The Balaban J connectivity index is 1.43. The van der Waals surface area contributed by atoms with Gasteiger partial charge in [0.1, 0.15) is 0 Å². The second-order valence-electron chi connectivity index (χ2n) is 6.46. The zero-order valence-corrected chi connectivity index (χ0v) is 16.1. The number of hydrogen-bond acceptors (Lipinski definition) is 3. The first-order valence-electron chi connectivity index (χ1n) is 9.40. The summed E-state index contributed by atoms with van der Waals surface area (Å²) in [6.45, 7) is 2.96. The average Bonchev–Trinajstić information content (AvgIpc) is 3.24. The van der Waals surface area contributed by atoms with E-state index in [1.807, 2.05) is 23.0 Å². The Bertz CT molecular complexity index is 928. The van der Waals surface area contributed by atoms with E-state index in [-0.39, 0.29) is 5.56 Å². The number of aliphatic imine (C=N–C) groups is 1. The number of rotatable bonds is 8. The lowest BCUT2D eigenvalue weighted by Gasteiger charge is -2.12. The van der Waals surface area contributed by atoms with Crippen LogP contribution in [0.1, 0.15) is 17.5 Å². The monoisotopic (exact) mass is 378 g/mol. The van der Waals surface area contributed by atoms with Crippen LogP contribution in [0.5, 0.6) is 0 Å². The van der Waals surface area contributed by atoms with E-state index in [2.05, 4.69) is 45.0 Å². The molecule has 0 amide bonds. The Labute approximate surface area is 164 Å². The lowest BCUT2D eigenvalue weighted by atomic mass is 10.1. The van der Waals surface area contributed by atoms with Crippen molar-refractivity contribution in [3.63, 3.8) is 0 Å². The van der Waals surface area contributed by atoms with Crippen LogP contribution in [0.4, 0.5) is 0 Å². The molecule has 0 aliphatic heterocycles. The summed E-state index contributed by atoms with van der Waals surface area (Å²) in [4.78, 5) is 16.1. The molecule has 28 heavy (non-hydrogen) atoms. The summed E-state index contributed by atoms with van der Waals surface area (Å²) in [7, 11) is 1.77. The molecule has 3 rings (SSSR count). The number of benzene rings is 1. The van der Waals surface area contributed by atoms with Crippen molar-refractivity contribution >= 4 is 5.96 Å². The van der Waals surface area contributed by atoms with E-state index in [1.165, 1.54) is 0 Å². The summed E-state index contributed by atoms with van der Waals surface area (Å²) in [6.07, 6.45) is 6.53. The van der Waals surface area contributed by atoms with Crippen molar-refractivity contribution in [2.24, 2.45) is 4.99 Å². The van der Waals surface area contributed by atoms with Gasteiger partial charge in [0.15, 0.2) is 5.96 Å². The maximum Gasteiger partial charge on any atom is 0.250 e. The van der Waals surface area contributed by atoms with Crippen molar-refractivity contribution in [2.75, 3.05) is 13.6 Å². The van der Waals surface area contributed by atoms with Crippen LogP contribution in [0.2, 0.25) is 0 Å². The molecule has 3 aromatic rings. The number of pyridine rings is 1. The maximum atomic E-state index is 11.8. The van der Waals surface area contributed by atoms with Crippen LogP contribution in [-0.2, 0) is 19.6 Å². The fourth-order valence-electron chi connectivity index (χ4n) is 2.84. The van der Waals surface area contributed by atoms with Crippen LogP contribution in [0.15, 0.2) is 76.9 Å². The van der Waals surface area contributed by atoms with E-state index in [0.29, 0.717) is 13.1 Å². The fourth-order valence-corrected chi connectivity index (χ4v) is 2.84. The Morgan fingerprint density at radius 1 is 1.04 bits per heavy atom. The second kappa shape index (κ2) is 10.1. The normalized spacial score (nSPS) is 11.4. The summed E-state index contributed by atoms with van der Waals surface area (Å²) >= 11 is 0. The molecular formula is C21H26N6O. The molecule has 0 unspecified atom stereocenters. The molecular weight excluding hydrogens is 352 g/mol. The number of guanidine groups is 1. The summed E-state index contributed by atoms with van der Waals surface area (Å²) in [6, 6.07) is 15.4. The van der Waals surface area contributed by atoms with Gasteiger partial charge >= 0.3 is 0 Å². The Morgan fingerprint density at radius 3 is 2.57 bits per heavy atom. The first-order chi connectivity index (χ1) is 13.7. The van der Waals surface area contributed by atoms with Crippen LogP contribution < -0.4 is 16.2 Å². The minimum absolute atomic E-state index is 0.00988. The SMILES string of the molecule is CN=C(NCCCn1cccn1)NCc1ccc(Cn2ccccc2=O)cc1. The first kappa shape index (κ1) is 19.4. The van der Waals surface area contributed by atoms with Gasteiger partial charge < -0.3 is 15.2 Å². The smallest absolute Gasteiger partial charge is 0.250 e. The summed E-state index contributed by atoms with van der Waals surface area (Å²) < 4.78 is 3.62. The molecule has 7 nitrogen and oxygen atoms in total. The van der Waals surface area contributed by atoms with Crippen molar-refractivity contribution in [1.29, 1.82) is 0 Å². The summed E-state index contributed by atoms with van der Waals surface area (Å²) in [5.41, 5.74) is 2.26. The number of nitrogens with one attached hydrogen (secondary N) is 2. The molecule has 0 aliphatic rings. The molecule has 2 heterocycles. The minimum Gasteiger partial charge on any atom is -0.356 e. The number of hydrogen-bond donors (Lipinski definition) is 2. The predicted molar refractivity (Wildman–Crippen MR) is 111 cm³/mol. The zero-order chi connectivity index (χ0) is 19.6. The van der Waals surface area contributed by atoms with Crippen molar-refractivity contribution in [3.8, 4) is 0 Å². The van der Waals surface area contributed by atoms with Crippen molar-refractivity contribution < 1.29 is 0 Å². The molecule has 0 saturated heterocycles. The highest BCUT2D eigenvalue weighted by atomic mass is 16.1. The molecule has 0 atom stereocenters. The van der Waals surface area contributed by atoms with Gasteiger partial charge in [-0.25, -0.2) is 0 Å². The third-order valence-electron chi connectivity index (χ3n) is 4.37. The second-order valence-corrected chi connectivity index (χ2v) is 6.46. The Morgan fingerprint density at radius 2 is 1.86 bits per heavy atom. The standard InChI is InChI=1S/C21H26N6O/c1-22-21(23-11-4-14-27-15-5-12-25-27)24-16-18-7-9-19(10-8-18)17-26-13-3-2-6-20(26)28/h2-3,5-10,12-13,15H,4,11,14,16-17H2,1H3,(H2,22,23,24). The molecule has 0 fully saturated rings. The molecule has 7 heteroatoms. The van der Waals surface area contributed by atoms with Gasteiger partial charge in [0.05, 0.1) is 6.54 Å². The van der Waals surface area contributed by atoms with Gasteiger partial charge in [-0.1, -0.05) is 30.3 Å². The van der Waals surface area contributed by atoms with E-state index >= 15 is 0 Å². The molecule has 2 aromatic heterocycles. The number of aromatic nitrogens is 3. The van der Waals surface area contributed by atoms with Gasteiger partial charge in [0.2, 0.25) is 0 Å². The molecule has 1 aromatic carbocycles. The van der Waals surface area contributed by atoms with E-state index in [9.17, 15) is 4.79 Å². The van der Waals surface area contributed by atoms with Gasteiger partial charge in [-0.2, -0.15) is 5.10 Å². The molecule has 2 N–H and O–H groups in total. The van der Waals surface area contributed by atoms with Crippen LogP contribution in [0.25, 0.3) is 0 Å². The third-order valence-corrected chi connectivity index (χ3v) is 4.37. The predicted octanol–water partition coefficient (Wildman–Crippen LogP) is 1.85. The van der Waals surface area contributed by atoms with Crippen LogP contribution in [0, 0.1) is 0 Å². The molecule has 0 spiro atoms.